The molecule has 0 aliphatic carbocycles. The molecule has 3 aromatic rings. The lowest BCUT2D eigenvalue weighted by molar-refractivity contribution is -0.172. The molecular weight excluding hydrogens is 443 g/mol. The smallest absolute Gasteiger partial charge is 0.343 e. The highest BCUT2D eigenvalue weighted by Gasteiger charge is 2.45. The fraction of sp³-hybridized carbons (Fsp3) is 0.375. The first-order valence-corrected chi connectivity index (χ1v) is 11.2. The Bertz CT molecular complexity index is 1450. The van der Waals surface area contributed by atoms with Crippen molar-refractivity contribution < 1.29 is 23.8 Å². The Labute approximate surface area is 193 Å². The summed E-state index contributed by atoms with van der Waals surface area (Å²) in [6, 6.07) is 4.91. The summed E-state index contributed by atoms with van der Waals surface area (Å²) in [6.45, 7) is 3.56. The second-order valence-corrected chi connectivity index (χ2v) is 8.95. The number of carbonyl (C=O) groups is 1. The van der Waals surface area contributed by atoms with Gasteiger partial charge in [-0.1, -0.05) is 6.92 Å². The van der Waals surface area contributed by atoms with E-state index < -0.39 is 17.4 Å². The maximum absolute atomic E-state index is 14.9. The van der Waals surface area contributed by atoms with Gasteiger partial charge in [0, 0.05) is 47.8 Å². The molecule has 0 saturated carbocycles. The molecule has 0 saturated heterocycles. The molecule has 1 aromatic carbocycles. The molecule has 0 fully saturated rings. The number of rotatable bonds is 3. The first-order chi connectivity index (χ1) is 16.4. The zero-order chi connectivity index (χ0) is 23.8. The fourth-order valence-electron chi connectivity index (χ4n) is 5.20. The fourth-order valence-corrected chi connectivity index (χ4v) is 5.20. The van der Waals surface area contributed by atoms with Gasteiger partial charge in [-0.15, -0.1) is 0 Å². The average Bonchev–Trinajstić information content (AvgIpc) is 3.19. The van der Waals surface area contributed by atoms with Crippen molar-refractivity contribution in [2.75, 3.05) is 19.8 Å². The molecule has 34 heavy (non-hydrogen) atoms. The Hall–Kier alpha value is -3.34. The number of aliphatic hydroxyl groups is 1. The summed E-state index contributed by atoms with van der Waals surface area (Å²) in [7, 11) is 0. The molecule has 9 nitrogen and oxygen atoms in total. The van der Waals surface area contributed by atoms with E-state index >= 15 is 0 Å². The van der Waals surface area contributed by atoms with Crippen LogP contribution in [-0.4, -0.2) is 45.3 Å². The van der Waals surface area contributed by atoms with Crippen LogP contribution in [0.1, 0.15) is 35.6 Å². The van der Waals surface area contributed by atoms with Crippen molar-refractivity contribution in [3.05, 3.63) is 56.6 Å². The van der Waals surface area contributed by atoms with Gasteiger partial charge in [0.05, 0.1) is 29.0 Å². The molecule has 176 valence electrons. The third kappa shape index (κ3) is 2.79. The normalized spacial score (nSPS) is 20.9. The SMILES string of the molecule is CC[C@@]1(O)C(=O)OCc2c1cc1n(c2=O)Cc2cc3c4c(c(F)cc3nc2-1)OCN(CCN)C4. The summed E-state index contributed by atoms with van der Waals surface area (Å²) in [6.07, 6.45) is 0.0659. The highest BCUT2D eigenvalue weighted by Crippen LogP contribution is 2.41. The minimum absolute atomic E-state index is 0.0659. The van der Waals surface area contributed by atoms with Crippen molar-refractivity contribution in [1.82, 2.24) is 14.5 Å². The number of hydrogen-bond acceptors (Lipinski definition) is 8. The van der Waals surface area contributed by atoms with E-state index in [1.54, 1.807) is 17.6 Å². The molecular formula is C24H23FN4O5. The number of pyridine rings is 2. The molecule has 0 radical (unpaired) electrons. The number of benzene rings is 1. The van der Waals surface area contributed by atoms with Crippen LogP contribution in [-0.2, 0) is 34.8 Å². The zero-order valence-electron chi connectivity index (χ0n) is 18.6. The first-order valence-electron chi connectivity index (χ1n) is 11.2. The van der Waals surface area contributed by atoms with Crippen molar-refractivity contribution in [1.29, 1.82) is 0 Å². The molecule has 6 rings (SSSR count). The number of cyclic esters (lactones) is 1. The van der Waals surface area contributed by atoms with Gasteiger partial charge in [0.15, 0.2) is 17.2 Å². The van der Waals surface area contributed by atoms with Crippen LogP contribution in [0.3, 0.4) is 0 Å². The number of fused-ring (bicyclic) bond motifs is 7. The Morgan fingerprint density at radius 2 is 2.03 bits per heavy atom. The molecule has 0 unspecified atom stereocenters. The van der Waals surface area contributed by atoms with Crippen LogP contribution in [0.4, 0.5) is 4.39 Å². The monoisotopic (exact) mass is 466 g/mol. The predicted molar refractivity (Wildman–Crippen MR) is 119 cm³/mol. The third-order valence-corrected chi connectivity index (χ3v) is 7.04. The number of hydrogen-bond donors (Lipinski definition) is 2. The average molecular weight is 466 g/mol. The number of esters is 1. The Kier molecular flexibility index (Phi) is 4.57. The highest BCUT2D eigenvalue weighted by atomic mass is 19.1. The minimum atomic E-state index is -1.89. The summed E-state index contributed by atoms with van der Waals surface area (Å²) < 4.78 is 27.2. The lowest BCUT2D eigenvalue weighted by Crippen LogP contribution is -2.44. The van der Waals surface area contributed by atoms with Gasteiger partial charge in [0.25, 0.3) is 5.56 Å². The van der Waals surface area contributed by atoms with E-state index in [9.17, 15) is 19.1 Å². The quantitative estimate of drug-likeness (QED) is 0.434. The van der Waals surface area contributed by atoms with Gasteiger partial charge in [0.1, 0.15) is 13.3 Å². The zero-order valence-corrected chi connectivity index (χ0v) is 18.6. The van der Waals surface area contributed by atoms with Crippen molar-refractivity contribution in [2.24, 2.45) is 5.73 Å². The van der Waals surface area contributed by atoms with Gasteiger partial charge in [-0.2, -0.15) is 0 Å². The van der Waals surface area contributed by atoms with Gasteiger partial charge in [-0.25, -0.2) is 14.2 Å². The summed E-state index contributed by atoms with van der Waals surface area (Å²) in [5, 5.41) is 11.7. The standard InChI is InChI=1S/C24H23FN4O5/c1-2-24(32)16-6-19-20-12(8-29(19)22(30)15(16)10-33-23(24)31)5-13-14-9-28(4-3-26)11-34-21(14)17(25)7-18(13)27-20/h5-7,32H,2-4,8-11,26H2,1H3/t24-/m0/s1. The number of nitrogens with zero attached hydrogens (tertiary/aromatic N) is 3. The topological polar surface area (TPSA) is 120 Å². The first kappa shape index (κ1) is 21.2. The summed E-state index contributed by atoms with van der Waals surface area (Å²) in [4.78, 5) is 32.4. The summed E-state index contributed by atoms with van der Waals surface area (Å²) in [5.74, 6) is -1.05. The van der Waals surface area contributed by atoms with Gasteiger partial charge >= 0.3 is 5.97 Å². The molecule has 0 amide bonds. The Balaban J connectivity index is 1.55. The molecule has 3 N–H and O–H groups in total. The van der Waals surface area contributed by atoms with Crippen molar-refractivity contribution >= 4 is 16.9 Å². The maximum Gasteiger partial charge on any atom is 0.343 e. The van der Waals surface area contributed by atoms with Crippen molar-refractivity contribution in [3.8, 4) is 17.1 Å². The van der Waals surface area contributed by atoms with Crippen molar-refractivity contribution in [3.63, 3.8) is 0 Å². The van der Waals surface area contributed by atoms with Crippen LogP contribution in [0.2, 0.25) is 0 Å². The van der Waals surface area contributed by atoms with E-state index in [4.69, 9.17) is 20.2 Å². The van der Waals surface area contributed by atoms with Crippen molar-refractivity contribution in [2.45, 2.75) is 38.6 Å². The number of aromatic nitrogens is 2. The minimum Gasteiger partial charge on any atom is -0.475 e. The highest BCUT2D eigenvalue weighted by molar-refractivity contribution is 5.89. The van der Waals surface area contributed by atoms with E-state index in [2.05, 4.69) is 0 Å². The van der Waals surface area contributed by atoms with Gasteiger partial charge in [-0.05, 0) is 18.6 Å². The largest absolute Gasteiger partial charge is 0.475 e. The molecule has 3 aliphatic heterocycles. The van der Waals surface area contributed by atoms with E-state index in [0.29, 0.717) is 42.1 Å². The molecule has 2 aromatic heterocycles. The second-order valence-electron chi connectivity index (χ2n) is 8.95. The summed E-state index contributed by atoms with van der Waals surface area (Å²) >= 11 is 0. The van der Waals surface area contributed by atoms with E-state index in [-0.39, 0.29) is 48.7 Å². The van der Waals surface area contributed by atoms with Gasteiger partial charge in [-0.3, -0.25) is 9.69 Å². The lowest BCUT2D eigenvalue weighted by Gasteiger charge is -2.31. The predicted octanol–water partition coefficient (Wildman–Crippen LogP) is 1.33. The van der Waals surface area contributed by atoms with E-state index in [0.717, 1.165) is 10.9 Å². The third-order valence-electron chi connectivity index (χ3n) is 7.04. The van der Waals surface area contributed by atoms with Crippen LogP contribution in [0.15, 0.2) is 23.0 Å². The van der Waals surface area contributed by atoms with E-state index in [1.165, 1.54) is 6.07 Å². The Morgan fingerprint density at radius 3 is 2.79 bits per heavy atom. The summed E-state index contributed by atoms with van der Waals surface area (Å²) in [5.41, 5.74) is 6.92. The molecule has 5 heterocycles. The molecule has 0 spiro atoms. The second kappa shape index (κ2) is 7.33. The molecule has 10 heteroatoms. The molecule has 0 bridgehead atoms. The van der Waals surface area contributed by atoms with E-state index in [1.807, 2.05) is 11.0 Å². The van der Waals surface area contributed by atoms with Crippen LogP contribution in [0.25, 0.3) is 22.3 Å². The maximum atomic E-state index is 14.9. The van der Waals surface area contributed by atoms with Crippen LogP contribution >= 0.6 is 0 Å². The van der Waals surface area contributed by atoms with Gasteiger partial charge < -0.3 is 24.9 Å². The lowest BCUT2D eigenvalue weighted by atomic mass is 9.86. The van der Waals surface area contributed by atoms with Crippen LogP contribution in [0, 0.1) is 5.82 Å². The number of carbonyl (C=O) groups excluding carboxylic acids is 1. The van der Waals surface area contributed by atoms with Gasteiger partial charge in [0.2, 0.25) is 0 Å². The number of halogens is 1. The Morgan fingerprint density at radius 1 is 1.21 bits per heavy atom. The van der Waals surface area contributed by atoms with Crippen LogP contribution < -0.4 is 16.0 Å². The number of nitrogens with two attached hydrogens (primary N) is 1. The molecule has 1 atom stereocenters. The molecule has 3 aliphatic rings. The van der Waals surface area contributed by atoms with Crippen LogP contribution in [0.5, 0.6) is 5.75 Å². The number of ether oxygens (including phenoxy) is 2.